The number of nitrogens with one attached hydrogen (secondary N) is 1. The van der Waals surface area contributed by atoms with E-state index in [0.717, 1.165) is 62.7 Å². The fourth-order valence-corrected chi connectivity index (χ4v) is 4.84. The van der Waals surface area contributed by atoms with E-state index in [2.05, 4.69) is 26.2 Å². The molecule has 3 heterocycles. The molecule has 0 unspecified atom stereocenters. The number of hydrogen-bond donors (Lipinski definition) is 1. The van der Waals surface area contributed by atoms with Gasteiger partial charge in [-0.1, -0.05) is 0 Å². The van der Waals surface area contributed by atoms with Crippen LogP contribution in [0.3, 0.4) is 0 Å². The van der Waals surface area contributed by atoms with Gasteiger partial charge in [-0.15, -0.1) is 0 Å². The number of amides is 1. The van der Waals surface area contributed by atoms with Crippen LogP contribution in [0.5, 0.6) is 0 Å². The van der Waals surface area contributed by atoms with E-state index in [0.29, 0.717) is 25.9 Å². The first-order valence-electron chi connectivity index (χ1n) is 12.4. The predicted octanol–water partition coefficient (Wildman–Crippen LogP) is 3.93. The number of nitrogens with zero attached hydrogens (tertiary/aromatic N) is 5. The Labute approximate surface area is 213 Å². The van der Waals surface area contributed by atoms with Gasteiger partial charge in [-0.2, -0.15) is 13.2 Å². The average Bonchev–Trinajstić information content (AvgIpc) is 3.33. The van der Waals surface area contributed by atoms with Gasteiger partial charge < -0.3 is 15.1 Å². The highest BCUT2D eigenvalue weighted by molar-refractivity contribution is 5.76. The Hall–Kier alpha value is -3.41. The number of nitro groups is 1. The molecule has 37 heavy (non-hydrogen) atoms. The van der Waals surface area contributed by atoms with Gasteiger partial charge in [0.2, 0.25) is 5.91 Å². The van der Waals surface area contributed by atoms with Crippen molar-refractivity contribution >= 4 is 23.0 Å². The summed E-state index contributed by atoms with van der Waals surface area (Å²) in [4.78, 5) is 33.4. The summed E-state index contributed by atoms with van der Waals surface area (Å²) in [5, 5.41) is 13.9. The van der Waals surface area contributed by atoms with Crippen molar-refractivity contribution in [3.05, 3.63) is 57.9 Å². The Morgan fingerprint density at radius 1 is 1.16 bits per heavy atom. The van der Waals surface area contributed by atoms with Gasteiger partial charge in [-0.3, -0.25) is 24.8 Å². The summed E-state index contributed by atoms with van der Waals surface area (Å²) in [6.45, 7) is 7.39. The lowest BCUT2D eigenvalue weighted by Crippen LogP contribution is -2.46. The molecule has 12 heteroatoms. The quantitative estimate of drug-likeness (QED) is 0.416. The molecule has 0 spiro atoms. The van der Waals surface area contributed by atoms with E-state index in [1.165, 1.54) is 6.07 Å². The van der Waals surface area contributed by atoms with Crippen LogP contribution in [0.1, 0.15) is 30.5 Å². The summed E-state index contributed by atoms with van der Waals surface area (Å²) < 4.78 is 39.7. The number of nitro benzene ring substituents is 1. The highest BCUT2D eigenvalue weighted by atomic mass is 19.4. The van der Waals surface area contributed by atoms with Crippen molar-refractivity contribution in [3.63, 3.8) is 0 Å². The molecule has 1 aromatic carbocycles. The number of carbonyl (C=O) groups is 1. The lowest BCUT2D eigenvalue weighted by molar-refractivity contribution is -0.388. The average molecular weight is 521 g/mol. The normalized spacial score (nSPS) is 18.8. The van der Waals surface area contributed by atoms with E-state index in [1.54, 1.807) is 4.90 Å². The Morgan fingerprint density at radius 2 is 1.92 bits per heavy atom. The first-order chi connectivity index (χ1) is 17.6. The molecule has 0 radical (unpaired) electrons. The van der Waals surface area contributed by atoms with E-state index in [-0.39, 0.29) is 17.6 Å². The van der Waals surface area contributed by atoms with Gasteiger partial charge in [0.05, 0.1) is 16.8 Å². The van der Waals surface area contributed by atoms with Gasteiger partial charge in [0.25, 0.3) is 5.69 Å². The van der Waals surface area contributed by atoms with Crippen LogP contribution in [0.25, 0.3) is 0 Å². The maximum Gasteiger partial charge on any atom is 0.423 e. The number of aryl methyl sites for hydroxylation is 1. The van der Waals surface area contributed by atoms with Gasteiger partial charge in [0.15, 0.2) is 0 Å². The summed E-state index contributed by atoms with van der Waals surface area (Å²) in [6.07, 6.45) is -1.16. The summed E-state index contributed by atoms with van der Waals surface area (Å²) in [5.74, 6) is 0.0355. The molecule has 2 aliphatic heterocycles. The van der Waals surface area contributed by atoms with Gasteiger partial charge >= 0.3 is 6.18 Å². The minimum atomic E-state index is -4.83. The topological polar surface area (TPSA) is 94.8 Å². The van der Waals surface area contributed by atoms with Gasteiger partial charge in [-0.25, -0.2) is 0 Å². The number of likely N-dealkylation sites (tertiary alicyclic amines) is 1. The van der Waals surface area contributed by atoms with Gasteiger partial charge in [0.1, 0.15) is 5.56 Å². The number of alkyl halides is 3. The van der Waals surface area contributed by atoms with E-state index in [9.17, 15) is 28.1 Å². The molecule has 2 aromatic rings. The van der Waals surface area contributed by atoms with Crippen LogP contribution in [0.4, 0.5) is 30.2 Å². The Morgan fingerprint density at radius 3 is 2.57 bits per heavy atom. The fraction of sp³-hybridized carbons (Fsp3) is 0.520. The van der Waals surface area contributed by atoms with Crippen LogP contribution in [0.2, 0.25) is 0 Å². The smallest absolute Gasteiger partial charge is 0.380 e. The third kappa shape index (κ3) is 6.88. The van der Waals surface area contributed by atoms with E-state index >= 15 is 0 Å². The van der Waals surface area contributed by atoms with Crippen LogP contribution >= 0.6 is 0 Å². The lowest BCUT2D eigenvalue weighted by atomic mass is 10.1. The largest absolute Gasteiger partial charge is 0.423 e. The molecule has 9 nitrogen and oxygen atoms in total. The molecule has 0 aliphatic carbocycles. The zero-order valence-electron chi connectivity index (χ0n) is 20.7. The van der Waals surface area contributed by atoms with Gasteiger partial charge in [-0.05, 0) is 50.6 Å². The second-order valence-corrected chi connectivity index (χ2v) is 9.55. The van der Waals surface area contributed by atoms with Crippen molar-refractivity contribution in [2.24, 2.45) is 0 Å². The summed E-state index contributed by atoms with van der Waals surface area (Å²) in [5.41, 5.74) is 0.00695. The van der Waals surface area contributed by atoms with Crippen LogP contribution in [-0.2, 0) is 11.0 Å². The van der Waals surface area contributed by atoms with Gasteiger partial charge in [0, 0.05) is 69.2 Å². The maximum absolute atomic E-state index is 13.2. The molecule has 2 fully saturated rings. The third-order valence-corrected chi connectivity index (χ3v) is 6.91. The molecule has 2 saturated heterocycles. The zero-order valence-corrected chi connectivity index (χ0v) is 20.7. The number of benzene rings is 1. The van der Waals surface area contributed by atoms with Crippen molar-refractivity contribution in [2.75, 3.05) is 56.0 Å². The van der Waals surface area contributed by atoms with E-state index < -0.39 is 22.4 Å². The molecule has 4 rings (SSSR count). The van der Waals surface area contributed by atoms with Crippen molar-refractivity contribution < 1.29 is 22.9 Å². The van der Waals surface area contributed by atoms with Crippen molar-refractivity contribution in [3.8, 4) is 0 Å². The van der Waals surface area contributed by atoms with E-state index in [4.69, 9.17) is 0 Å². The van der Waals surface area contributed by atoms with Crippen molar-refractivity contribution in [1.82, 2.24) is 14.8 Å². The summed E-state index contributed by atoms with van der Waals surface area (Å²) in [7, 11) is 0. The lowest BCUT2D eigenvalue weighted by Gasteiger charge is -2.36. The number of anilines is 2. The SMILES string of the molecule is Cc1ccc(N2CCN(CCCC(=O)N3CC[C@H](Nc4ccc([N+](=O)[O-])c(C(F)(F)F)c4)C3)CC2)cn1. The van der Waals surface area contributed by atoms with Crippen molar-refractivity contribution in [2.45, 2.75) is 38.4 Å². The molecular formula is C25H31F3N6O3. The minimum Gasteiger partial charge on any atom is -0.380 e. The monoisotopic (exact) mass is 520 g/mol. The number of aromatic nitrogens is 1. The van der Waals surface area contributed by atoms with Crippen LogP contribution in [0.15, 0.2) is 36.5 Å². The molecular weight excluding hydrogens is 489 g/mol. The first-order valence-corrected chi connectivity index (χ1v) is 12.4. The van der Waals surface area contributed by atoms with Crippen LogP contribution in [0, 0.1) is 17.0 Å². The Bertz CT molecular complexity index is 1100. The number of halogens is 3. The fourth-order valence-electron chi connectivity index (χ4n) is 4.84. The number of rotatable bonds is 8. The molecule has 1 aromatic heterocycles. The van der Waals surface area contributed by atoms with Crippen molar-refractivity contribution in [1.29, 1.82) is 0 Å². The van der Waals surface area contributed by atoms with E-state index in [1.807, 2.05) is 19.2 Å². The number of piperazine rings is 1. The molecule has 0 saturated carbocycles. The number of carbonyl (C=O) groups excluding carboxylic acids is 1. The molecule has 1 amide bonds. The number of pyridine rings is 1. The maximum atomic E-state index is 13.2. The Balaban J connectivity index is 1.19. The molecule has 0 bridgehead atoms. The minimum absolute atomic E-state index is 0.0355. The zero-order chi connectivity index (χ0) is 26.6. The summed E-state index contributed by atoms with van der Waals surface area (Å²) >= 11 is 0. The first kappa shape index (κ1) is 26.6. The molecule has 200 valence electrons. The molecule has 2 aliphatic rings. The standard InChI is InChI=1S/C25H31F3N6O3/c1-18-4-6-21(16-29-18)32-13-11-31(12-14-32)9-2-3-24(35)33-10-8-20(17-33)30-19-5-7-23(34(36)37)22(15-19)25(26,27)28/h4-7,15-16,20,30H,2-3,8-14,17H2,1H3/t20-/m0/s1. The van der Waals surface area contributed by atoms with Crippen LogP contribution < -0.4 is 10.2 Å². The summed E-state index contributed by atoms with van der Waals surface area (Å²) in [6, 6.07) is 6.78. The highest BCUT2D eigenvalue weighted by Gasteiger charge is 2.38. The third-order valence-electron chi connectivity index (χ3n) is 6.91. The predicted molar refractivity (Wildman–Crippen MR) is 134 cm³/mol. The van der Waals surface area contributed by atoms with Crippen LogP contribution in [-0.4, -0.2) is 77.5 Å². The number of hydrogen-bond acceptors (Lipinski definition) is 7. The molecule has 1 atom stereocenters. The second kappa shape index (κ2) is 11.3. The Kier molecular flexibility index (Phi) is 8.16. The molecule has 1 N–H and O–H groups in total. The second-order valence-electron chi connectivity index (χ2n) is 9.55. The highest BCUT2D eigenvalue weighted by Crippen LogP contribution is 2.37.